The van der Waals surface area contributed by atoms with Gasteiger partial charge < -0.3 is 23.7 Å². The topological polar surface area (TPSA) is 63.2 Å². The summed E-state index contributed by atoms with van der Waals surface area (Å²) >= 11 is 0. The molecule has 0 aromatic heterocycles. The quantitative estimate of drug-likeness (QED) is 0.404. The van der Waals surface area contributed by atoms with Crippen molar-refractivity contribution in [3.05, 3.63) is 75.8 Å². The van der Waals surface area contributed by atoms with E-state index in [1.807, 2.05) is 49.4 Å². The summed E-state index contributed by atoms with van der Waals surface area (Å²) in [6.07, 6.45) is 1.92. The van der Waals surface area contributed by atoms with E-state index in [0.717, 1.165) is 34.1 Å². The lowest BCUT2D eigenvalue weighted by Gasteiger charge is -2.22. The van der Waals surface area contributed by atoms with E-state index in [1.165, 1.54) is 0 Å². The maximum atomic E-state index is 12.3. The molecule has 0 heterocycles. The largest absolute Gasteiger partial charge is 0.496 e. The average molecular weight is 451 g/mol. The predicted octanol–water partition coefficient (Wildman–Crippen LogP) is 5.03. The van der Waals surface area contributed by atoms with Gasteiger partial charge in [0.25, 0.3) is 0 Å². The highest BCUT2D eigenvalue weighted by Gasteiger charge is 2.26. The minimum absolute atomic E-state index is 0.436. The van der Waals surface area contributed by atoms with Crippen molar-refractivity contribution < 1.29 is 28.5 Å². The van der Waals surface area contributed by atoms with E-state index in [1.54, 1.807) is 35.5 Å². The van der Waals surface area contributed by atoms with Crippen LogP contribution in [0.15, 0.2) is 42.5 Å². The van der Waals surface area contributed by atoms with E-state index >= 15 is 0 Å². The summed E-state index contributed by atoms with van der Waals surface area (Å²) in [5, 5.41) is 0. The smallest absolute Gasteiger partial charge is 0.207 e. The number of carbonyl (C=O) groups is 1. The van der Waals surface area contributed by atoms with E-state index in [0.29, 0.717) is 47.2 Å². The van der Waals surface area contributed by atoms with Gasteiger partial charge in [0.1, 0.15) is 5.75 Å². The number of hydrogen-bond acceptors (Lipinski definition) is 6. The molecule has 0 aliphatic carbocycles. The standard InChI is InChI=1S/C27H30O6/c1-17-20(25(31-4)27(33-6)26(32-5)24(17)30-3)15-19-12-13-23(29-2)21(22(19)16-28)14-18-10-8-7-9-11-18/h7-13,16H,14-15H2,1-6H3. The maximum Gasteiger partial charge on any atom is 0.207 e. The summed E-state index contributed by atoms with van der Waals surface area (Å²) in [6, 6.07) is 13.8. The lowest BCUT2D eigenvalue weighted by molar-refractivity contribution is 0.112. The SMILES string of the molecule is COc1ccc(Cc2c(C)c(OC)c(OC)c(OC)c2OC)c(C=O)c1Cc1ccccc1. The van der Waals surface area contributed by atoms with Crippen LogP contribution in [0.4, 0.5) is 0 Å². The summed E-state index contributed by atoms with van der Waals surface area (Å²) in [5.74, 6) is 2.70. The Kier molecular flexibility index (Phi) is 7.83. The number of ether oxygens (including phenoxy) is 5. The molecule has 0 aliphatic heterocycles. The molecule has 0 radical (unpaired) electrons. The van der Waals surface area contributed by atoms with E-state index in [-0.39, 0.29) is 0 Å². The second-order valence-corrected chi connectivity index (χ2v) is 7.51. The Hall–Kier alpha value is -3.67. The first-order valence-electron chi connectivity index (χ1n) is 10.6. The first-order valence-corrected chi connectivity index (χ1v) is 10.6. The zero-order valence-electron chi connectivity index (χ0n) is 20.0. The van der Waals surface area contributed by atoms with Gasteiger partial charge in [-0.25, -0.2) is 0 Å². The first kappa shape index (κ1) is 24.0. The van der Waals surface area contributed by atoms with Crippen molar-refractivity contribution in [2.24, 2.45) is 0 Å². The average Bonchev–Trinajstić information content (AvgIpc) is 2.85. The Bertz CT molecular complexity index is 1120. The minimum Gasteiger partial charge on any atom is -0.496 e. The highest BCUT2D eigenvalue weighted by Crippen LogP contribution is 2.50. The van der Waals surface area contributed by atoms with Gasteiger partial charge in [0.15, 0.2) is 17.8 Å². The summed E-state index contributed by atoms with van der Waals surface area (Å²) < 4.78 is 28.1. The zero-order valence-corrected chi connectivity index (χ0v) is 20.0. The Labute approximate surface area is 195 Å². The molecule has 0 saturated carbocycles. The van der Waals surface area contributed by atoms with Gasteiger partial charge in [-0.2, -0.15) is 0 Å². The molecule has 0 saturated heterocycles. The minimum atomic E-state index is 0.436. The van der Waals surface area contributed by atoms with Crippen LogP contribution in [0.2, 0.25) is 0 Å². The summed E-state index contributed by atoms with van der Waals surface area (Å²) in [6.45, 7) is 1.94. The van der Waals surface area contributed by atoms with Crippen molar-refractivity contribution in [1.29, 1.82) is 0 Å². The molecule has 0 amide bonds. The van der Waals surface area contributed by atoms with E-state index in [9.17, 15) is 4.79 Å². The second kappa shape index (κ2) is 10.8. The number of aldehydes is 1. The molecule has 0 bridgehead atoms. The highest BCUT2D eigenvalue weighted by molar-refractivity contribution is 5.82. The van der Waals surface area contributed by atoms with Crippen molar-refractivity contribution in [3.63, 3.8) is 0 Å². The third-order valence-corrected chi connectivity index (χ3v) is 5.84. The highest BCUT2D eigenvalue weighted by atomic mass is 16.5. The Morgan fingerprint density at radius 3 is 1.82 bits per heavy atom. The fourth-order valence-electron chi connectivity index (χ4n) is 4.22. The van der Waals surface area contributed by atoms with E-state index < -0.39 is 0 Å². The van der Waals surface area contributed by atoms with Crippen LogP contribution >= 0.6 is 0 Å². The number of hydrogen-bond donors (Lipinski definition) is 0. The van der Waals surface area contributed by atoms with Crippen molar-refractivity contribution in [1.82, 2.24) is 0 Å². The van der Waals surface area contributed by atoms with Gasteiger partial charge in [-0.1, -0.05) is 36.4 Å². The molecule has 0 fully saturated rings. The molecule has 0 aliphatic rings. The molecule has 0 atom stereocenters. The molecule has 174 valence electrons. The van der Waals surface area contributed by atoms with Gasteiger partial charge >= 0.3 is 0 Å². The third kappa shape index (κ3) is 4.60. The van der Waals surface area contributed by atoms with Crippen LogP contribution < -0.4 is 23.7 Å². The molecule has 3 rings (SSSR count). The van der Waals surface area contributed by atoms with Gasteiger partial charge in [0.2, 0.25) is 11.5 Å². The van der Waals surface area contributed by atoms with Gasteiger partial charge in [0.05, 0.1) is 35.5 Å². The molecule has 0 unspecified atom stereocenters. The number of rotatable bonds is 10. The second-order valence-electron chi connectivity index (χ2n) is 7.51. The van der Waals surface area contributed by atoms with Gasteiger partial charge in [-0.05, 0) is 24.1 Å². The summed E-state index contributed by atoms with van der Waals surface area (Å²) in [7, 11) is 7.90. The van der Waals surface area contributed by atoms with Gasteiger partial charge in [-0.3, -0.25) is 4.79 Å². The fraction of sp³-hybridized carbons (Fsp3) is 0.296. The molecule has 33 heavy (non-hydrogen) atoms. The Morgan fingerprint density at radius 1 is 0.667 bits per heavy atom. The summed E-state index contributed by atoms with van der Waals surface area (Å²) in [4.78, 5) is 12.3. The van der Waals surface area contributed by atoms with Crippen LogP contribution in [0.25, 0.3) is 0 Å². The monoisotopic (exact) mass is 450 g/mol. The fourth-order valence-corrected chi connectivity index (χ4v) is 4.22. The van der Waals surface area contributed by atoms with Gasteiger partial charge in [0, 0.05) is 35.1 Å². The van der Waals surface area contributed by atoms with Crippen LogP contribution in [0.5, 0.6) is 28.7 Å². The van der Waals surface area contributed by atoms with E-state index in [2.05, 4.69) is 0 Å². The van der Waals surface area contributed by atoms with Crippen LogP contribution in [0.3, 0.4) is 0 Å². The first-order chi connectivity index (χ1) is 16.0. The van der Waals surface area contributed by atoms with Crippen LogP contribution in [-0.2, 0) is 12.8 Å². The normalized spacial score (nSPS) is 10.5. The lowest BCUT2D eigenvalue weighted by atomic mass is 9.90. The van der Waals surface area contributed by atoms with Gasteiger partial charge in [-0.15, -0.1) is 0 Å². The molecular weight excluding hydrogens is 420 g/mol. The molecule has 3 aromatic rings. The van der Waals surface area contributed by atoms with Crippen molar-refractivity contribution in [2.45, 2.75) is 19.8 Å². The van der Waals surface area contributed by atoms with Crippen LogP contribution in [0, 0.1) is 6.92 Å². The zero-order chi connectivity index (χ0) is 24.0. The van der Waals surface area contributed by atoms with Crippen molar-refractivity contribution in [2.75, 3.05) is 35.5 Å². The van der Waals surface area contributed by atoms with Crippen LogP contribution in [-0.4, -0.2) is 41.8 Å². The molecule has 6 heteroatoms. The number of benzene rings is 3. The molecule has 0 spiro atoms. The molecular formula is C27H30O6. The maximum absolute atomic E-state index is 12.3. The molecule has 6 nitrogen and oxygen atoms in total. The Balaban J connectivity index is 2.19. The Morgan fingerprint density at radius 2 is 1.27 bits per heavy atom. The molecule has 0 N–H and O–H groups in total. The summed E-state index contributed by atoms with van der Waals surface area (Å²) in [5.41, 5.74) is 5.11. The van der Waals surface area contributed by atoms with Crippen LogP contribution in [0.1, 0.15) is 38.2 Å². The van der Waals surface area contributed by atoms with Crippen molar-refractivity contribution >= 4 is 6.29 Å². The predicted molar refractivity (Wildman–Crippen MR) is 128 cm³/mol. The lowest BCUT2D eigenvalue weighted by Crippen LogP contribution is -2.08. The van der Waals surface area contributed by atoms with Crippen molar-refractivity contribution in [3.8, 4) is 28.7 Å². The molecule has 3 aromatic carbocycles. The number of methoxy groups -OCH3 is 5. The number of carbonyl (C=O) groups excluding carboxylic acids is 1. The van der Waals surface area contributed by atoms with E-state index in [4.69, 9.17) is 23.7 Å². The third-order valence-electron chi connectivity index (χ3n) is 5.84.